The molecule has 3 heteroatoms. The van der Waals surface area contributed by atoms with Crippen LogP contribution in [-0.4, -0.2) is 48.9 Å². The second-order valence-corrected chi connectivity index (χ2v) is 3.78. The van der Waals surface area contributed by atoms with Gasteiger partial charge in [-0.3, -0.25) is 9.89 Å². The van der Waals surface area contributed by atoms with Gasteiger partial charge in [0.25, 0.3) is 0 Å². The van der Waals surface area contributed by atoms with Crippen LogP contribution in [0.4, 0.5) is 0 Å². The normalized spacial score (nSPS) is 23.7. The lowest BCUT2D eigenvalue weighted by Gasteiger charge is -2.32. The van der Waals surface area contributed by atoms with E-state index < -0.39 is 0 Å². The lowest BCUT2D eigenvalue weighted by Crippen LogP contribution is -2.39. The van der Waals surface area contributed by atoms with E-state index in [-0.39, 0.29) is 0 Å². The zero-order valence-corrected chi connectivity index (χ0v) is 8.45. The number of fused-ring (bicyclic) bond motifs is 1. The quantitative estimate of drug-likeness (QED) is 0.596. The average molecular weight is 179 g/mol. The average Bonchev–Trinajstić information content (AvgIpc) is 2.17. The standard InChI is InChI=1S/C10H17N3/c1-3-13-5-4-9-6-12(2)8-11-10(9)7-13/h6H,3-5,7-8H2,1-2H3. The van der Waals surface area contributed by atoms with Crippen LogP contribution in [0, 0.1) is 0 Å². The van der Waals surface area contributed by atoms with Gasteiger partial charge < -0.3 is 4.90 Å². The zero-order chi connectivity index (χ0) is 9.26. The summed E-state index contributed by atoms with van der Waals surface area (Å²) in [6, 6.07) is 0. The molecule has 0 unspecified atom stereocenters. The summed E-state index contributed by atoms with van der Waals surface area (Å²) >= 11 is 0. The summed E-state index contributed by atoms with van der Waals surface area (Å²) in [5, 5.41) is 0. The van der Waals surface area contributed by atoms with E-state index in [4.69, 9.17) is 0 Å². The van der Waals surface area contributed by atoms with E-state index in [1.165, 1.54) is 17.8 Å². The maximum absolute atomic E-state index is 4.56. The Morgan fingerprint density at radius 1 is 1.54 bits per heavy atom. The van der Waals surface area contributed by atoms with Crippen LogP contribution in [0.5, 0.6) is 0 Å². The third-order valence-corrected chi connectivity index (χ3v) is 2.75. The van der Waals surface area contributed by atoms with Crippen molar-refractivity contribution in [2.24, 2.45) is 4.99 Å². The summed E-state index contributed by atoms with van der Waals surface area (Å²) in [5.41, 5.74) is 2.75. The van der Waals surface area contributed by atoms with Gasteiger partial charge in [0.1, 0.15) is 6.67 Å². The van der Waals surface area contributed by atoms with Crippen LogP contribution >= 0.6 is 0 Å². The number of rotatable bonds is 1. The summed E-state index contributed by atoms with van der Waals surface area (Å²) in [5.74, 6) is 0. The van der Waals surface area contributed by atoms with Gasteiger partial charge in [0.15, 0.2) is 0 Å². The second kappa shape index (κ2) is 3.50. The van der Waals surface area contributed by atoms with Gasteiger partial charge in [0.2, 0.25) is 0 Å². The van der Waals surface area contributed by atoms with Gasteiger partial charge in [-0.2, -0.15) is 0 Å². The van der Waals surface area contributed by atoms with E-state index in [2.05, 4.69) is 35.0 Å². The van der Waals surface area contributed by atoms with Crippen molar-refractivity contribution in [3.8, 4) is 0 Å². The first-order valence-electron chi connectivity index (χ1n) is 4.96. The molecule has 2 rings (SSSR count). The Hall–Kier alpha value is -0.830. The highest BCUT2D eigenvalue weighted by Crippen LogP contribution is 2.17. The Labute approximate surface area is 79.7 Å². The number of aliphatic imine (C=N–C) groups is 1. The molecular formula is C10H17N3. The Morgan fingerprint density at radius 2 is 2.38 bits per heavy atom. The smallest absolute Gasteiger partial charge is 0.109 e. The van der Waals surface area contributed by atoms with Gasteiger partial charge in [-0.15, -0.1) is 0 Å². The van der Waals surface area contributed by atoms with Gasteiger partial charge >= 0.3 is 0 Å². The number of hydrogen-bond acceptors (Lipinski definition) is 3. The molecule has 0 amide bonds. The van der Waals surface area contributed by atoms with Gasteiger partial charge in [0.05, 0.1) is 5.71 Å². The molecule has 13 heavy (non-hydrogen) atoms. The summed E-state index contributed by atoms with van der Waals surface area (Å²) in [6.45, 7) is 6.42. The van der Waals surface area contributed by atoms with E-state index in [0.29, 0.717) is 0 Å². The lowest BCUT2D eigenvalue weighted by atomic mass is 10.0. The van der Waals surface area contributed by atoms with E-state index in [1.54, 1.807) is 0 Å². The molecule has 0 radical (unpaired) electrons. The summed E-state index contributed by atoms with van der Waals surface area (Å²) in [6.07, 6.45) is 3.41. The zero-order valence-electron chi connectivity index (χ0n) is 8.45. The molecule has 0 aromatic heterocycles. The van der Waals surface area contributed by atoms with Crippen LogP contribution in [0.3, 0.4) is 0 Å². The van der Waals surface area contributed by atoms with Gasteiger partial charge in [-0.05, 0) is 18.5 Å². The first-order chi connectivity index (χ1) is 6.29. The van der Waals surface area contributed by atoms with Crippen molar-refractivity contribution in [3.05, 3.63) is 11.8 Å². The molecule has 0 saturated carbocycles. The van der Waals surface area contributed by atoms with Gasteiger partial charge in [-0.1, -0.05) is 6.92 Å². The van der Waals surface area contributed by atoms with Gasteiger partial charge in [-0.25, -0.2) is 0 Å². The minimum Gasteiger partial charge on any atom is -0.361 e. The highest BCUT2D eigenvalue weighted by atomic mass is 15.2. The molecule has 2 heterocycles. The Kier molecular flexibility index (Phi) is 2.36. The molecule has 0 aromatic carbocycles. The Bertz CT molecular complexity index is 255. The molecule has 0 bridgehead atoms. The van der Waals surface area contributed by atoms with Gasteiger partial charge in [0, 0.05) is 26.3 Å². The molecular weight excluding hydrogens is 162 g/mol. The van der Waals surface area contributed by atoms with Crippen molar-refractivity contribution >= 4 is 5.71 Å². The fourth-order valence-electron chi connectivity index (χ4n) is 1.88. The highest BCUT2D eigenvalue weighted by Gasteiger charge is 2.20. The molecule has 2 aliphatic rings. The second-order valence-electron chi connectivity index (χ2n) is 3.78. The molecule has 1 saturated heterocycles. The van der Waals surface area contributed by atoms with E-state index in [1.807, 2.05) is 0 Å². The summed E-state index contributed by atoms with van der Waals surface area (Å²) in [7, 11) is 2.08. The first-order valence-corrected chi connectivity index (χ1v) is 4.96. The van der Waals surface area contributed by atoms with Crippen LogP contribution in [0.2, 0.25) is 0 Å². The van der Waals surface area contributed by atoms with E-state index in [9.17, 15) is 0 Å². The van der Waals surface area contributed by atoms with Crippen molar-refractivity contribution in [1.82, 2.24) is 9.80 Å². The molecule has 0 spiro atoms. The Balaban J connectivity index is 2.10. The molecule has 0 aliphatic carbocycles. The van der Waals surface area contributed by atoms with E-state index >= 15 is 0 Å². The number of likely N-dealkylation sites (tertiary alicyclic amines) is 1. The van der Waals surface area contributed by atoms with Crippen molar-refractivity contribution < 1.29 is 0 Å². The minimum absolute atomic E-state index is 0.830. The molecule has 72 valence electrons. The number of piperidine rings is 1. The highest BCUT2D eigenvalue weighted by molar-refractivity contribution is 6.02. The summed E-state index contributed by atoms with van der Waals surface area (Å²) in [4.78, 5) is 9.16. The molecule has 0 atom stereocenters. The third kappa shape index (κ3) is 1.75. The van der Waals surface area contributed by atoms with Crippen LogP contribution in [0.15, 0.2) is 16.8 Å². The van der Waals surface area contributed by atoms with Crippen LogP contribution in [0.1, 0.15) is 13.3 Å². The number of hydrogen-bond donors (Lipinski definition) is 0. The van der Waals surface area contributed by atoms with Crippen molar-refractivity contribution in [3.63, 3.8) is 0 Å². The fraction of sp³-hybridized carbons (Fsp3) is 0.700. The van der Waals surface area contributed by atoms with Crippen molar-refractivity contribution in [2.75, 3.05) is 33.4 Å². The number of nitrogens with zero attached hydrogens (tertiary/aromatic N) is 3. The van der Waals surface area contributed by atoms with E-state index in [0.717, 1.165) is 26.2 Å². The first kappa shape index (κ1) is 8.75. The summed E-state index contributed by atoms with van der Waals surface area (Å²) < 4.78 is 0. The molecule has 0 N–H and O–H groups in total. The predicted molar refractivity (Wildman–Crippen MR) is 54.9 cm³/mol. The molecule has 1 fully saturated rings. The Morgan fingerprint density at radius 3 is 3.15 bits per heavy atom. The minimum atomic E-state index is 0.830. The van der Waals surface area contributed by atoms with Crippen molar-refractivity contribution in [1.29, 1.82) is 0 Å². The SMILES string of the molecule is CCN1CCC2=CN(C)CN=C2C1. The molecule has 0 aromatic rings. The molecule has 2 aliphatic heterocycles. The largest absolute Gasteiger partial charge is 0.361 e. The van der Waals surface area contributed by atoms with Crippen molar-refractivity contribution in [2.45, 2.75) is 13.3 Å². The lowest BCUT2D eigenvalue weighted by molar-refractivity contribution is 0.316. The molecule has 3 nitrogen and oxygen atoms in total. The van der Waals surface area contributed by atoms with Crippen LogP contribution in [0.25, 0.3) is 0 Å². The third-order valence-electron chi connectivity index (χ3n) is 2.75. The predicted octanol–water partition coefficient (Wildman–Crippen LogP) is 0.940. The topological polar surface area (TPSA) is 18.8 Å². The van der Waals surface area contributed by atoms with Crippen LogP contribution < -0.4 is 0 Å². The fourth-order valence-corrected chi connectivity index (χ4v) is 1.88. The maximum atomic E-state index is 4.56. The maximum Gasteiger partial charge on any atom is 0.109 e. The van der Waals surface area contributed by atoms with Crippen LogP contribution in [-0.2, 0) is 0 Å². The monoisotopic (exact) mass is 179 g/mol.